The van der Waals surface area contributed by atoms with Gasteiger partial charge in [-0.05, 0) is 24.8 Å². The van der Waals surface area contributed by atoms with Crippen molar-refractivity contribution in [3.05, 3.63) is 58.8 Å². The molecule has 4 heteroatoms. The minimum atomic E-state index is -0.484. The molecule has 0 saturated heterocycles. The Hall–Kier alpha value is -2.23. The average molecular weight is 200 g/mol. The Bertz CT molecular complexity index is 544. The van der Waals surface area contributed by atoms with Crippen molar-refractivity contribution >= 4 is 16.6 Å². The molecule has 0 radical (unpaired) electrons. The summed E-state index contributed by atoms with van der Waals surface area (Å²) in [6.07, 6.45) is 1.65. The highest BCUT2D eigenvalue weighted by Gasteiger charge is 2.13. The summed E-state index contributed by atoms with van der Waals surface area (Å²) in [6.45, 7) is 3.45. The molecule has 1 heterocycles. The van der Waals surface area contributed by atoms with Crippen molar-refractivity contribution in [2.45, 2.75) is 0 Å². The van der Waals surface area contributed by atoms with E-state index in [4.69, 9.17) is 0 Å². The van der Waals surface area contributed by atoms with E-state index in [-0.39, 0.29) is 5.70 Å². The Morgan fingerprint density at radius 2 is 2.13 bits per heavy atom. The largest absolute Gasteiger partial charge is 0.270 e. The summed E-state index contributed by atoms with van der Waals surface area (Å²) in [4.78, 5) is 14.3. The molecule has 0 bridgehead atoms. The molecule has 0 aliphatic heterocycles. The first-order valence-electron chi connectivity index (χ1n) is 4.37. The number of fused-ring (bicyclic) bond motifs is 1. The van der Waals surface area contributed by atoms with Gasteiger partial charge in [-0.2, -0.15) is 0 Å². The molecule has 0 amide bonds. The molecule has 0 aliphatic rings. The third-order valence-electron chi connectivity index (χ3n) is 2.18. The zero-order chi connectivity index (χ0) is 10.8. The normalized spacial score (nSPS) is 10.1. The van der Waals surface area contributed by atoms with Gasteiger partial charge in [0.2, 0.25) is 0 Å². The number of aromatic nitrogens is 1. The SMILES string of the molecule is C=C(c1cccc2ncccc12)[N+](=O)[O-]. The maximum Gasteiger partial charge on any atom is 0.270 e. The molecule has 4 nitrogen and oxygen atoms in total. The second-order valence-corrected chi connectivity index (χ2v) is 3.08. The van der Waals surface area contributed by atoms with Crippen molar-refractivity contribution < 1.29 is 4.92 Å². The molecule has 0 aliphatic carbocycles. The zero-order valence-electron chi connectivity index (χ0n) is 7.88. The van der Waals surface area contributed by atoms with Crippen LogP contribution in [0.2, 0.25) is 0 Å². The summed E-state index contributed by atoms with van der Waals surface area (Å²) in [5, 5.41) is 11.4. The second kappa shape index (κ2) is 3.49. The van der Waals surface area contributed by atoms with E-state index in [0.29, 0.717) is 5.56 Å². The van der Waals surface area contributed by atoms with Gasteiger partial charge in [0, 0.05) is 11.6 Å². The first-order valence-corrected chi connectivity index (χ1v) is 4.37. The minimum absolute atomic E-state index is 0.103. The minimum Gasteiger partial charge on any atom is -0.258 e. The molecule has 2 rings (SSSR count). The molecule has 2 aromatic rings. The molecule has 0 saturated carbocycles. The van der Waals surface area contributed by atoms with Crippen molar-refractivity contribution in [1.29, 1.82) is 0 Å². The number of hydrogen-bond acceptors (Lipinski definition) is 3. The van der Waals surface area contributed by atoms with Crippen LogP contribution in [0.15, 0.2) is 43.1 Å². The van der Waals surface area contributed by atoms with Crippen molar-refractivity contribution in [2.24, 2.45) is 0 Å². The van der Waals surface area contributed by atoms with Gasteiger partial charge < -0.3 is 0 Å². The highest BCUT2D eigenvalue weighted by atomic mass is 16.6. The number of hydrogen-bond donors (Lipinski definition) is 0. The lowest BCUT2D eigenvalue weighted by atomic mass is 10.1. The number of pyridine rings is 1. The lowest BCUT2D eigenvalue weighted by Gasteiger charge is -2.01. The van der Waals surface area contributed by atoms with Crippen LogP contribution < -0.4 is 0 Å². The van der Waals surface area contributed by atoms with Crippen molar-refractivity contribution in [2.75, 3.05) is 0 Å². The number of rotatable bonds is 2. The number of nitrogens with zero attached hydrogens (tertiary/aromatic N) is 2. The topological polar surface area (TPSA) is 56.0 Å². The summed E-state index contributed by atoms with van der Waals surface area (Å²) < 4.78 is 0. The summed E-state index contributed by atoms with van der Waals surface area (Å²) in [5.41, 5.74) is 1.15. The summed E-state index contributed by atoms with van der Waals surface area (Å²) in [5.74, 6) is 0. The van der Waals surface area contributed by atoms with Crippen LogP contribution in [0.25, 0.3) is 16.6 Å². The predicted octanol–water partition coefficient (Wildman–Crippen LogP) is 2.48. The maximum absolute atomic E-state index is 10.6. The highest BCUT2D eigenvalue weighted by Crippen LogP contribution is 2.22. The van der Waals surface area contributed by atoms with Crippen molar-refractivity contribution in [1.82, 2.24) is 4.98 Å². The molecule has 0 N–H and O–H groups in total. The van der Waals surface area contributed by atoms with Crippen LogP contribution >= 0.6 is 0 Å². The Morgan fingerprint density at radius 3 is 2.87 bits per heavy atom. The maximum atomic E-state index is 10.6. The first kappa shape index (κ1) is 9.33. The van der Waals surface area contributed by atoms with Gasteiger partial charge in [-0.25, -0.2) is 0 Å². The van der Waals surface area contributed by atoms with E-state index in [0.717, 1.165) is 10.9 Å². The van der Waals surface area contributed by atoms with Gasteiger partial charge in [0.15, 0.2) is 0 Å². The zero-order valence-corrected chi connectivity index (χ0v) is 7.88. The average Bonchev–Trinajstić information content (AvgIpc) is 2.27. The smallest absolute Gasteiger partial charge is 0.258 e. The van der Waals surface area contributed by atoms with E-state index >= 15 is 0 Å². The Balaban J connectivity index is 2.71. The Morgan fingerprint density at radius 1 is 1.33 bits per heavy atom. The monoisotopic (exact) mass is 200 g/mol. The molecule has 0 unspecified atom stereocenters. The Labute approximate surface area is 86.0 Å². The standard InChI is InChI=1S/C11H8N2O2/c1-8(13(14)15)9-4-2-6-11-10(9)5-3-7-12-11/h2-7H,1H2. The second-order valence-electron chi connectivity index (χ2n) is 3.08. The van der Waals surface area contributed by atoms with Crippen LogP contribution in [0, 0.1) is 10.1 Å². The van der Waals surface area contributed by atoms with Crippen LogP contribution in [-0.2, 0) is 0 Å². The first-order chi connectivity index (χ1) is 7.20. The summed E-state index contributed by atoms with van der Waals surface area (Å²) >= 11 is 0. The third-order valence-corrected chi connectivity index (χ3v) is 2.18. The van der Waals surface area contributed by atoms with E-state index in [1.54, 1.807) is 30.5 Å². The fourth-order valence-corrected chi connectivity index (χ4v) is 1.45. The Kier molecular flexibility index (Phi) is 2.17. The fraction of sp³-hybridized carbons (Fsp3) is 0. The summed E-state index contributed by atoms with van der Waals surface area (Å²) in [7, 11) is 0. The van der Waals surface area contributed by atoms with E-state index in [1.807, 2.05) is 6.07 Å². The van der Waals surface area contributed by atoms with Crippen LogP contribution in [0.4, 0.5) is 0 Å². The lowest BCUT2D eigenvalue weighted by Crippen LogP contribution is -1.97. The third kappa shape index (κ3) is 1.57. The van der Waals surface area contributed by atoms with Crippen LogP contribution in [0.3, 0.4) is 0 Å². The molecular weight excluding hydrogens is 192 g/mol. The van der Waals surface area contributed by atoms with Gasteiger partial charge in [0.25, 0.3) is 5.70 Å². The lowest BCUT2D eigenvalue weighted by molar-refractivity contribution is -0.374. The van der Waals surface area contributed by atoms with E-state index in [1.165, 1.54) is 0 Å². The van der Waals surface area contributed by atoms with E-state index in [9.17, 15) is 10.1 Å². The fourth-order valence-electron chi connectivity index (χ4n) is 1.45. The van der Waals surface area contributed by atoms with Gasteiger partial charge in [-0.3, -0.25) is 15.1 Å². The predicted molar refractivity (Wildman–Crippen MR) is 57.8 cm³/mol. The van der Waals surface area contributed by atoms with Crippen molar-refractivity contribution in [3.63, 3.8) is 0 Å². The molecule has 15 heavy (non-hydrogen) atoms. The number of benzene rings is 1. The van der Waals surface area contributed by atoms with Gasteiger partial charge >= 0.3 is 0 Å². The molecule has 0 atom stereocenters. The molecular formula is C11H8N2O2. The summed E-state index contributed by atoms with van der Waals surface area (Å²) in [6, 6.07) is 8.77. The molecule has 0 spiro atoms. The van der Waals surface area contributed by atoms with E-state index in [2.05, 4.69) is 11.6 Å². The van der Waals surface area contributed by atoms with Crippen molar-refractivity contribution in [3.8, 4) is 0 Å². The van der Waals surface area contributed by atoms with E-state index < -0.39 is 4.92 Å². The van der Waals surface area contributed by atoms with Gasteiger partial charge in [-0.15, -0.1) is 0 Å². The van der Waals surface area contributed by atoms with Crippen LogP contribution in [0.5, 0.6) is 0 Å². The molecule has 1 aromatic carbocycles. The van der Waals surface area contributed by atoms with Crippen LogP contribution in [-0.4, -0.2) is 9.91 Å². The van der Waals surface area contributed by atoms with Gasteiger partial charge in [0.1, 0.15) is 0 Å². The van der Waals surface area contributed by atoms with Gasteiger partial charge in [-0.1, -0.05) is 12.1 Å². The molecule has 74 valence electrons. The molecule has 0 fully saturated rings. The van der Waals surface area contributed by atoms with Gasteiger partial charge in [0.05, 0.1) is 16.0 Å². The quantitative estimate of drug-likeness (QED) is 0.552. The molecule has 1 aromatic heterocycles. The van der Waals surface area contributed by atoms with Crippen LogP contribution in [0.1, 0.15) is 5.56 Å². The highest BCUT2D eigenvalue weighted by molar-refractivity contribution is 5.89. The number of nitro groups is 1.